The van der Waals surface area contributed by atoms with E-state index in [1.165, 1.54) is 6.42 Å². The van der Waals surface area contributed by atoms with Crippen molar-refractivity contribution in [3.05, 3.63) is 0 Å². The molecule has 2 heteroatoms. The van der Waals surface area contributed by atoms with Crippen LogP contribution in [0, 0.1) is 0 Å². The van der Waals surface area contributed by atoms with E-state index >= 15 is 0 Å². The van der Waals surface area contributed by atoms with Crippen molar-refractivity contribution in [3.8, 4) is 0 Å². The molecule has 0 aliphatic carbocycles. The van der Waals surface area contributed by atoms with E-state index in [1.54, 1.807) is 0 Å². The molecule has 0 spiro atoms. The standard InChI is InChI=1S/C7H17NO/c1-3-5-8-6-7-9-4-2/h8H,3-7H2,1-2H3. The molecule has 56 valence electrons. The zero-order valence-electron chi connectivity index (χ0n) is 6.44. The lowest BCUT2D eigenvalue weighted by Gasteiger charge is -2.01. The minimum atomic E-state index is 0.827. The second-order valence-corrected chi connectivity index (χ2v) is 1.95. The van der Waals surface area contributed by atoms with Gasteiger partial charge in [0.05, 0.1) is 6.61 Å². The molecule has 9 heavy (non-hydrogen) atoms. The number of rotatable bonds is 6. The van der Waals surface area contributed by atoms with E-state index in [1.807, 2.05) is 6.92 Å². The van der Waals surface area contributed by atoms with Crippen LogP contribution in [0.4, 0.5) is 0 Å². The van der Waals surface area contributed by atoms with Crippen LogP contribution in [0.1, 0.15) is 20.3 Å². The van der Waals surface area contributed by atoms with Gasteiger partial charge in [0.2, 0.25) is 0 Å². The Morgan fingerprint density at radius 2 is 2.00 bits per heavy atom. The lowest BCUT2D eigenvalue weighted by Crippen LogP contribution is -2.20. The average molecular weight is 131 g/mol. The highest BCUT2D eigenvalue weighted by Gasteiger charge is 1.82. The van der Waals surface area contributed by atoms with Gasteiger partial charge in [-0.15, -0.1) is 0 Å². The highest BCUT2D eigenvalue weighted by molar-refractivity contribution is 4.41. The van der Waals surface area contributed by atoms with Crippen molar-refractivity contribution in [2.45, 2.75) is 20.3 Å². The molecule has 0 unspecified atom stereocenters. The van der Waals surface area contributed by atoms with Gasteiger partial charge >= 0.3 is 0 Å². The normalized spacial score (nSPS) is 10.0. The Balaban J connectivity index is 2.60. The maximum atomic E-state index is 5.12. The molecule has 0 fully saturated rings. The van der Waals surface area contributed by atoms with Gasteiger partial charge in [-0.3, -0.25) is 0 Å². The van der Waals surface area contributed by atoms with Gasteiger partial charge in [-0.2, -0.15) is 0 Å². The Labute approximate surface area is 57.6 Å². The van der Waals surface area contributed by atoms with Crippen molar-refractivity contribution >= 4 is 0 Å². The molecule has 0 aromatic rings. The van der Waals surface area contributed by atoms with E-state index in [0.29, 0.717) is 0 Å². The molecule has 0 atom stereocenters. The quantitative estimate of drug-likeness (QED) is 0.543. The zero-order valence-corrected chi connectivity index (χ0v) is 6.44. The third kappa shape index (κ3) is 7.92. The molecule has 2 nitrogen and oxygen atoms in total. The van der Waals surface area contributed by atoms with Crippen LogP contribution in [0.5, 0.6) is 0 Å². The molecule has 0 saturated heterocycles. The van der Waals surface area contributed by atoms with E-state index in [2.05, 4.69) is 12.2 Å². The maximum absolute atomic E-state index is 5.12. The van der Waals surface area contributed by atoms with Crippen molar-refractivity contribution in [3.63, 3.8) is 0 Å². The Hall–Kier alpha value is -0.0800. The summed E-state index contributed by atoms with van der Waals surface area (Å²) in [7, 11) is 0. The van der Waals surface area contributed by atoms with Crippen molar-refractivity contribution in [1.29, 1.82) is 0 Å². The second kappa shape index (κ2) is 7.92. The monoisotopic (exact) mass is 131 g/mol. The first-order valence-electron chi connectivity index (χ1n) is 3.70. The van der Waals surface area contributed by atoms with Crippen LogP contribution in [0.3, 0.4) is 0 Å². The SMILES string of the molecule is CCCNCCOCC. The fourth-order valence-corrected chi connectivity index (χ4v) is 0.590. The molecule has 0 aromatic heterocycles. The first kappa shape index (κ1) is 8.92. The topological polar surface area (TPSA) is 21.3 Å². The Morgan fingerprint density at radius 3 is 2.56 bits per heavy atom. The van der Waals surface area contributed by atoms with E-state index in [4.69, 9.17) is 4.74 Å². The lowest BCUT2D eigenvalue weighted by atomic mass is 10.5. The number of hydrogen-bond donors (Lipinski definition) is 1. The van der Waals surface area contributed by atoms with Gasteiger partial charge in [-0.05, 0) is 19.9 Å². The second-order valence-electron chi connectivity index (χ2n) is 1.95. The third-order valence-corrected chi connectivity index (χ3v) is 1.05. The molecule has 1 N–H and O–H groups in total. The Kier molecular flexibility index (Phi) is 7.85. The summed E-state index contributed by atoms with van der Waals surface area (Å²) in [5.74, 6) is 0. The van der Waals surface area contributed by atoms with Gasteiger partial charge in [-0.25, -0.2) is 0 Å². The van der Waals surface area contributed by atoms with Crippen molar-refractivity contribution < 1.29 is 4.74 Å². The minimum Gasteiger partial charge on any atom is -0.380 e. The summed E-state index contributed by atoms with van der Waals surface area (Å²) in [6.07, 6.45) is 1.20. The summed E-state index contributed by atoms with van der Waals surface area (Å²) in [4.78, 5) is 0. The van der Waals surface area contributed by atoms with Crippen LogP contribution in [0.25, 0.3) is 0 Å². The largest absolute Gasteiger partial charge is 0.380 e. The van der Waals surface area contributed by atoms with Crippen LogP contribution in [0.2, 0.25) is 0 Å². The molecule has 0 bridgehead atoms. The summed E-state index contributed by atoms with van der Waals surface area (Å²) < 4.78 is 5.12. The molecule has 0 aromatic carbocycles. The molecule has 0 aliphatic heterocycles. The summed E-state index contributed by atoms with van der Waals surface area (Å²) >= 11 is 0. The molecule has 0 aliphatic rings. The average Bonchev–Trinajstić information content (AvgIpc) is 1.89. The van der Waals surface area contributed by atoms with Crippen LogP contribution in [-0.2, 0) is 4.74 Å². The van der Waals surface area contributed by atoms with E-state index < -0.39 is 0 Å². The summed E-state index contributed by atoms with van der Waals surface area (Å²) in [5.41, 5.74) is 0. The summed E-state index contributed by atoms with van der Waals surface area (Å²) in [6, 6.07) is 0. The maximum Gasteiger partial charge on any atom is 0.0590 e. The summed E-state index contributed by atoms with van der Waals surface area (Å²) in [6.45, 7) is 7.94. The predicted octanol–water partition coefficient (Wildman–Crippen LogP) is 1.02. The van der Waals surface area contributed by atoms with Gasteiger partial charge in [0.1, 0.15) is 0 Å². The number of nitrogens with one attached hydrogen (secondary N) is 1. The number of hydrogen-bond acceptors (Lipinski definition) is 2. The van der Waals surface area contributed by atoms with Gasteiger partial charge < -0.3 is 10.1 Å². The molecular weight excluding hydrogens is 114 g/mol. The van der Waals surface area contributed by atoms with Crippen LogP contribution in [0.15, 0.2) is 0 Å². The van der Waals surface area contributed by atoms with Gasteiger partial charge in [-0.1, -0.05) is 6.92 Å². The summed E-state index contributed by atoms with van der Waals surface area (Å²) in [5, 5.41) is 3.24. The van der Waals surface area contributed by atoms with Gasteiger partial charge in [0, 0.05) is 13.2 Å². The van der Waals surface area contributed by atoms with Crippen LogP contribution in [-0.4, -0.2) is 26.3 Å². The van der Waals surface area contributed by atoms with Crippen molar-refractivity contribution in [1.82, 2.24) is 5.32 Å². The fraction of sp³-hybridized carbons (Fsp3) is 1.00. The fourth-order valence-electron chi connectivity index (χ4n) is 0.590. The molecule has 0 rings (SSSR count). The minimum absolute atomic E-state index is 0.827. The third-order valence-electron chi connectivity index (χ3n) is 1.05. The highest BCUT2D eigenvalue weighted by Crippen LogP contribution is 1.72. The predicted molar refractivity (Wildman–Crippen MR) is 39.7 cm³/mol. The first-order chi connectivity index (χ1) is 4.41. The van der Waals surface area contributed by atoms with E-state index in [9.17, 15) is 0 Å². The smallest absolute Gasteiger partial charge is 0.0590 e. The number of ether oxygens (including phenoxy) is 1. The molecule has 0 amide bonds. The van der Waals surface area contributed by atoms with Gasteiger partial charge in [0.15, 0.2) is 0 Å². The molecule has 0 saturated carbocycles. The Morgan fingerprint density at radius 1 is 1.22 bits per heavy atom. The zero-order chi connectivity index (χ0) is 6.95. The van der Waals surface area contributed by atoms with Crippen molar-refractivity contribution in [2.75, 3.05) is 26.3 Å². The van der Waals surface area contributed by atoms with E-state index in [0.717, 1.165) is 26.3 Å². The molecule has 0 radical (unpaired) electrons. The van der Waals surface area contributed by atoms with Crippen molar-refractivity contribution in [2.24, 2.45) is 0 Å². The van der Waals surface area contributed by atoms with E-state index in [-0.39, 0.29) is 0 Å². The molecular formula is C7H17NO. The molecule has 0 heterocycles. The Bertz CT molecular complexity index is 42.2. The lowest BCUT2D eigenvalue weighted by molar-refractivity contribution is 0.149. The first-order valence-corrected chi connectivity index (χ1v) is 3.70. The van der Waals surface area contributed by atoms with Crippen LogP contribution < -0.4 is 5.32 Å². The highest BCUT2D eigenvalue weighted by atomic mass is 16.5. The van der Waals surface area contributed by atoms with Crippen LogP contribution >= 0.6 is 0 Å². The van der Waals surface area contributed by atoms with Gasteiger partial charge in [0.25, 0.3) is 0 Å².